The second-order valence-electron chi connectivity index (χ2n) is 4.31. The molecular formula is C14H20N2O4. The Kier molecular flexibility index (Phi) is 6.36. The average Bonchev–Trinajstić information content (AvgIpc) is 2.38. The number of carboxylic acid groups (broad SMARTS) is 1. The zero-order valence-corrected chi connectivity index (χ0v) is 11.7. The summed E-state index contributed by atoms with van der Waals surface area (Å²) in [5.74, 6) is -0.252. The summed E-state index contributed by atoms with van der Waals surface area (Å²) in [6.07, 6.45) is 0.434. The van der Waals surface area contributed by atoms with E-state index in [1.165, 1.54) is 0 Å². The van der Waals surface area contributed by atoms with E-state index in [0.717, 1.165) is 5.56 Å². The van der Waals surface area contributed by atoms with Crippen LogP contribution >= 0.6 is 0 Å². The number of carbonyl (C=O) groups is 2. The highest BCUT2D eigenvalue weighted by molar-refractivity contribution is 5.91. The van der Waals surface area contributed by atoms with E-state index < -0.39 is 5.97 Å². The molecule has 0 saturated carbocycles. The third-order valence-corrected chi connectivity index (χ3v) is 2.54. The summed E-state index contributed by atoms with van der Waals surface area (Å²) in [6.45, 7) is 4.64. The molecule has 20 heavy (non-hydrogen) atoms. The Hall–Kier alpha value is -2.24. The largest absolute Gasteiger partial charge is 0.492 e. The Bertz CT molecular complexity index is 474. The molecule has 0 radical (unpaired) electrons. The Balaban J connectivity index is 2.50. The van der Waals surface area contributed by atoms with Crippen LogP contribution in [-0.2, 0) is 4.79 Å². The van der Waals surface area contributed by atoms with Gasteiger partial charge in [-0.25, -0.2) is 4.79 Å². The normalized spacial score (nSPS) is 9.90. The van der Waals surface area contributed by atoms with E-state index in [9.17, 15) is 9.59 Å². The Morgan fingerprint density at radius 1 is 1.35 bits per heavy atom. The minimum atomic E-state index is -0.871. The quantitative estimate of drug-likeness (QED) is 0.669. The highest BCUT2D eigenvalue weighted by Gasteiger charge is 2.07. The summed E-state index contributed by atoms with van der Waals surface area (Å²) in [4.78, 5) is 22.0. The molecule has 6 heteroatoms. The van der Waals surface area contributed by atoms with E-state index in [4.69, 9.17) is 9.84 Å². The number of amides is 2. The number of aliphatic carboxylic acids is 1. The molecule has 0 aliphatic carbocycles. The lowest BCUT2D eigenvalue weighted by atomic mass is 10.2. The van der Waals surface area contributed by atoms with Gasteiger partial charge in [-0.1, -0.05) is 6.07 Å². The minimum Gasteiger partial charge on any atom is -0.492 e. The number of carbonyl (C=O) groups excluding carboxylic acids is 1. The van der Waals surface area contributed by atoms with Crippen molar-refractivity contribution in [2.24, 2.45) is 0 Å². The molecule has 0 spiro atoms. The van der Waals surface area contributed by atoms with Gasteiger partial charge < -0.3 is 20.5 Å². The van der Waals surface area contributed by atoms with Crippen LogP contribution in [0.1, 0.15) is 25.3 Å². The predicted octanol–water partition coefficient (Wildman–Crippen LogP) is 2.38. The SMILES string of the molecule is CCOc1cc(C)ccc1NC(=O)NCCCC(=O)O. The summed E-state index contributed by atoms with van der Waals surface area (Å²) < 4.78 is 5.46. The number of anilines is 1. The van der Waals surface area contributed by atoms with E-state index in [2.05, 4.69) is 10.6 Å². The fraction of sp³-hybridized carbons (Fsp3) is 0.429. The summed E-state index contributed by atoms with van der Waals surface area (Å²) in [5.41, 5.74) is 1.63. The molecule has 0 saturated heterocycles. The number of hydrogen-bond acceptors (Lipinski definition) is 3. The predicted molar refractivity (Wildman–Crippen MR) is 76.2 cm³/mol. The van der Waals surface area contributed by atoms with Crippen LogP contribution in [0.15, 0.2) is 18.2 Å². The maximum absolute atomic E-state index is 11.7. The van der Waals surface area contributed by atoms with Crippen LogP contribution in [-0.4, -0.2) is 30.3 Å². The van der Waals surface area contributed by atoms with Gasteiger partial charge in [0.2, 0.25) is 0 Å². The second-order valence-corrected chi connectivity index (χ2v) is 4.31. The molecule has 0 atom stereocenters. The first-order valence-electron chi connectivity index (χ1n) is 6.53. The highest BCUT2D eigenvalue weighted by atomic mass is 16.5. The first kappa shape index (κ1) is 15.8. The van der Waals surface area contributed by atoms with E-state index in [0.29, 0.717) is 31.0 Å². The van der Waals surface area contributed by atoms with Crippen LogP contribution < -0.4 is 15.4 Å². The maximum atomic E-state index is 11.7. The van der Waals surface area contributed by atoms with Crippen molar-refractivity contribution in [2.75, 3.05) is 18.5 Å². The Morgan fingerprint density at radius 3 is 2.75 bits per heavy atom. The molecular weight excluding hydrogens is 260 g/mol. The number of nitrogens with one attached hydrogen (secondary N) is 2. The number of hydrogen-bond donors (Lipinski definition) is 3. The number of ether oxygens (including phenoxy) is 1. The number of urea groups is 1. The molecule has 0 bridgehead atoms. The fourth-order valence-electron chi connectivity index (χ4n) is 1.62. The van der Waals surface area contributed by atoms with Gasteiger partial charge in [0.15, 0.2) is 0 Å². The van der Waals surface area contributed by atoms with Gasteiger partial charge in [-0.2, -0.15) is 0 Å². The molecule has 1 aromatic carbocycles. The Labute approximate surface area is 118 Å². The molecule has 0 aliphatic heterocycles. The van der Waals surface area contributed by atoms with Crippen LogP contribution in [0.4, 0.5) is 10.5 Å². The van der Waals surface area contributed by atoms with Crippen molar-refractivity contribution in [1.82, 2.24) is 5.32 Å². The van der Waals surface area contributed by atoms with Crippen molar-refractivity contribution in [3.63, 3.8) is 0 Å². The minimum absolute atomic E-state index is 0.0367. The highest BCUT2D eigenvalue weighted by Crippen LogP contribution is 2.25. The van der Waals surface area contributed by atoms with Gasteiger partial charge in [0.05, 0.1) is 12.3 Å². The van der Waals surface area contributed by atoms with Crippen LogP contribution in [0, 0.1) is 6.92 Å². The van der Waals surface area contributed by atoms with Gasteiger partial charge >= 0.3 is 12.0 Å². The molecule has 0 aromatic heterocycles. The van der Waals surface area contributed by atoms with E-state index in [-0.39, 0.29) is 12.5 Å². The summed E-state index contributed by atoms with van der Waals surface area (Å²) >= 11 is 0. The van der Waals surface area contributed by atoms with Crippen molar-refractivity contribution in [1.29, 1.82) is 0 Å². The van der Waals surface area contributed by atoms with Crippen molar-refractivity contribution >= 4 is 17.7 Å². The smallest absolute Gasteiger partial charge is 0.319 e. The number of carboxylic acids is 1. The van der Waals surface area contributed by atoms with Gasteiger partial charge in [-0.15, -0.1) is 0 Å². The molecule has 0 fully saturated rings. The second kappa shape index (κ2) is 8.04. The van der Waals surface area contributed by atoms with Crippen LogP contribution in [0.3, 0.4) is 0 Å². The molecule has 3 N–H and O–H groups in total. The molecule has 0 heterocycles. The van der Waals surface area contributed by atoms with Gasteiger partial charge in [-0.05, 0) is 38.0 Å². The number of rotatable bonds is 7. The first-order valence-corrected chi connectivity index (χ1v) is 6.53. The summed E-state index contributed by atoms with van der Waals surface area (Å²) in [7, 11) is 0. The van der Waals surface area contributed by atoms with E-state index in [1.54, 1.807) is 6.07 Å². The molecule has 2 amide bonds. The lowest BCUT2D eigenvalue weighted by molar-refractivity contribution is -0.137. The molecule has 0 unspecified atom stereocenters. The van der Waals surface area contributed by atoms with Gasteiger partial charge in [0, 0.05) is 13.0 Å². The Morgan fingerprint density at radius 2 is 2.10 bits per heavy atom. The number of aryl methyl sites for hydroxylation is 1. The average molecular weight is 280 g/mol. The monoisotopic (exact) mass is 280 g/mol. The van der Waals surface area contributed by atoms with Crippen molar-refractivity contribution in [2.45, 2.75) is 26.7 Å². The number of benzene rings is 1. The van der Waals surface area contributed by atoms with E-state index in [1.807, 2.05) is 26.0 Å². The maximum Gasteiger partial charge on any atom is 0.319 e. The molecule has 6 nitrogen and oxygen atoms in total. The van der Waals surface area contributed by atoms with Crippen molar-refractivity contribution in [3.05, 3.63) is 23.8 Å². The molecule has 0 aliphatic rings. The summed E-state index contributed by atoms with van der Waals surface area (Å²) in [6, 6.07) is 5.13. The third-order valence-electron chi connectivity index (χ3n) is 2.54. The fourth-order valence-corrected chi connectivity index (χ4v) is 1.62. The first-order chi connectivity index (χ1) is 9.52. The van der Waals surface area contributed by atoms with Crippen LogP contribution in [0.5, 0.6) is 5.75 Å². The van der Waals surface area contributed by atoms with Gasteiger partial charge in [-0.3, -0.25) is 4.79 Å². The molecule has 110 valence electrons. The van der Waals surface area contributed by atoms with Crippen molar-refractivity contribution in [3.8, 4) is 5.75 Å². The van der Waals surface area contributed by atoms with Crippen molar-refractivity contribution < 1.29 is 19.4 Å². The van der Waals surface area contributed by atoms with Gasteiger partial charge in [0.1, 0.15) is 5.75 Å². The van der Waals surface area contributed by atoms with Crippen LogP contribution in [0.25, 0.3) is 0 Å². The molecule has 1 aromatic rings. The standard InChI is InChI=1S/C14H20N2O4/c1-3-20-12-9-10(2)6-7-11(12)16-14(19)15-8-4-5-13(17)18/h6-7,9H,3-5,8H2,1-2H3,(H,17,18)(H2,15,16,19). The van der Waals surface area contributed by atoms with E-state index >= 15 is 0 Å². The molecule has 1 rings (SSSR count). The lowest BCUT2D eigenvalue weighted by Gasteiger charge is -2.12. The third kappa shape index (κ3) is 5.60. The zero-order valence-electron chi connectivity index (χ0n) is 11.7. The lowest BCUT2D eigenvalue weighted by Crippen LogP contribution is -2.30. The topological polar surface area (TPSA) is 87.7 Å². The van der Waals surface area contributed by atoms with Gasteiger partial charge in [0.25, 0.3) is 0 Å². The zero-order chi connectivity index (χ0) is 15.0. The summed E-state index contributed by atoms with van der Waals surface area (Å²) in [5, 5.41) is 13.8. The van der Waals surface area contributed by atoms with Crippen LogP contribution in [0.2, 0.25) is 0 Å².